The molecule has 0 spiro atoms. The summed E-state index contributed by atoms with van der Waals surface area (Å²) < 4.78 is 0.984. The van der Waals surface area contributed by atoms with Gasteiger partial charge in [-0.3, -0.25) is 9.59 Å². The molecule has 2 rings (SSSR count). The molecule has 0 aliphatic heterocycles. The Balaban J connectivity index is 2.20. The molecule has 0 radical (unpaired) electrons. The van der Waals surface area contributed by atoms with Crippen LogP contribution in [0.3, 0.4) is 0 Å². The van der Waals surface area contributed by atoms with Gasteiger partial charge in [-0.15, -0.1) is 0 Å². The van der Waals surface area contributed by atoms with Gasteiger partial charge in [0, 0.05) is 15.2 Å². The van der Waals surface area contributed by atoms with Crippen LogP contribution in [-0.2, 0) is 0 Å². The zero-order valence-electron chi connectivity index (χ0n) is 13.1. The monoisotopic (exact) mass is 422 g/mol. The number of benzene rings is 2. The number of halogens is 1. The van der Waals surface area contributed by atoms with Crippen molar-refractivity contribution in [2.24, 2.45) is 0 Å². The second-order valence-corrected chi connectivity index (χ2v) is 6.54. The summed E-state index contributed by atoms with van der Waals surface area (Å²) in [6.07, 6.45) is 0.850. The summed E-state index contributed by atoms with van der Waals surface area (Å²) in [6, 6.07) is 14.4. The highest BCUT2D eigenvalue weighted by Gasteiger charge is 2.15. The molecule has 0 unspecified atom stereocenters. The van der Waals surface area contributed by atoms with Crippen LogP contribution in [0.25, 0.3) is 0 Å². The molecule has 0 bridgehead atoms. The summed E-state index contributed by atoms with van der Waals surface area (Å²) in [4.78, 5) is 24.7. The average Bonchev–Trinajstić information content (AvgIpc) is 2.55. The van der Waals surface area contributed by atoms with Gasteiger partial charge in [-0.25, -0.2) is 0 Å². The first kappa shape index (κ1) is 17.5. The minimum absolute atomic E-state index is 0.0851. The number of hydrogen-bond acceptors (Lipinski definition) is 2. The third-order valence-electron chi connectivity index (χ3n) is 3.50. The number of carbonyl (C=O) groups excluding carboxylic acids is 2. The molecule has 0 saturated heterocycles. The van der Waals surface area contributed by atoms with Crippen LogP contribution in [0.1, 0.15) is 41.0 Å². The zero-order chi connectivity index (χ0) is 16.8. The molecule has 4 nitrogen and oxygen atoms in total. The number of hydrogen-bond donors (Lipinski definition) is 2. The Labute approximate surface area is 149 Å². The lowest BCUT2D eigenvalue weighted by Gasteiger charge is -2.14. The molecular formula is C18H19IN2O2. The molecule has 0 aliphatic carbocycles. The second-order valence-electron chi connectivity index (χ2n) is 5.29. The molecule has 0 saturated carbocycles. The van der Waals surface area contributed by atoms with Crippen molar-refractivity contribution in [3.63, 3.8) is 0 Å². The number of carbonyl (C=O) groups is 2. The Morgan fingerprint density at radius 2 is 1.83 bits per heavy atom. The van der Waals surface area contributed by atoms with Crippen LogP contribution in [0, 0.1) is 3.57 Å². The molecule has 2 N–H and O–H groups in total. The molecule has 0 aromatic heterocycles. The van der Waals surface area contributed by atoms with E-state index in [-0.39, 0.29) is 17.9 Å². The lowest BCUT2D eigenvalue weighted by atomic mass is 10.1. The normalized spacial score (nSPS) is 11.6. The fourth-order valence-electron chi connectivity index (χ4n) is 2.02. The van der Waals surface area contributed by atoms with Crippen molar-refractivity contribution in [2.45, 2.75) is 26.3 Å². The molecule has 1 atom stereocenters. The van der Waals surface area contributed by atoms with Gasteiger partial charge < -0.3 is 10.6 Å². The van der Waals surface area contributed by atoms with Crippen molar-refractivity contribution in [3.05, 3.63) is 63.2 Å². The summed E-state index contributed by atoms with van der Waals surface area (Å²) in [6.45, 7) is 3.96. The van der Waals surface area contributed by atoms with E-state index in [9.17, 15) is 9.59 Å². The number of anilines is 1. The van der Waals surface area contributed by atoms with Gasteiger partial charge in [-0.1, -0.05) is 25.1 Å². The summed E-state index contributed by atoms with van der Waals surface area (Å²) in [5.41, 5.74) is 1.54. The Morgan fingerprint density at radius 3 is 2.52 bits per heavy atom. The number of amides is 2. The fourth-order valence-corrected chi connectivity index (χ4v) is 2.56. The topological polar surface area (TPSA) is 58.2 Å². The van der Waals surface area contributed by atoms with Gasteiger partial charge in [0.1, 0.15) is 0 Å². The summed E-state index contributed by atoms with van der Waals surface area (Å²) in [5.74, 6) is -0.412. The predicted molar refractivity (Wildman–Crippen MR) is 101 cm³/mol. The Bertz CT molecular complexity index is 716. The van der Waals surface area contributed by atoms with Gasteiger partial charge >= 0.3 is 0 Å². The molecule has 0 aliphatic rings. The molecule has 0 heterocycles. The smallest absolute Gasteiger partial charge is 0.255 e. The first-order valence-corrected chi connectivity index (χ1v) is 8.56. The molecule has 23 heavy (non-hydrogen) atoms. The largest absolute Gasteiger partial charge is 0.350 e. The highest BCUT2D eigenvalue weighted by Crippen LogP contribution is 2.17. The summed E-state index contributed by atoms with van der Waals surface area (Å²) in [7, 11) is 0. The molecule has 2 aromatic carbocycles. The van der Waals surface area contributed by atoms with Crippen LogP contribution in [0.5, 0.6) is 0 Å². The zero-order valence-corrected chi connectivity index (χ0v) is 15.3. The SMILES string of the molecule is CC[C@H](C)NC(=O)c1ccccc1NC(=O)c1cccc(I)c1. The predicted octanol–water partition coefficient (Wildman–Crippen LogP) is 4.07. The Morgan fingerprint density at radius 1 is 1.09 bits per heavy atom. The van der Waals surface area contributed by atoms with Gasteiger partial charge in [0.2, 0.25) is 0 Å². The van der Waals surface area contributed by atoms with Crippen LogP contribution in [0.2, 0.25) is 0 Å². The number of nitrogens with one attached hydrogen (secondary N) is 2. The van der Waals surface area contributed by atoms with E-state index in [1.165, 1.54) is 0 Å². The molecule has 5 heteroatoms. The Hall–Kier alpha value is -1.89. The summed E-state index contributed by atoms with van der Waals surface area (Å²) in [5, 5.41) is 5.74. The van der Waals surface area contributed by atoms with Crippen molar-refractivity contribution in [1.29, 1.82) is 0 Å². The first-order chi connectivity index (χ1) is 11.0. The second kappa shape index (κ2) is 8.10. The van der Waals surface area contributed by atoms with Crippen molar-refractivity contribution in [1.82, 2.24) is 5.32 Å². The van der Waals surface area contributed by atoms with Crippen LogP contribution in [0.15, 0.2) is 48.5 Å². The van der Waals surface area contributed by atoms with Crippen LogP contribution < -0.4 is 10.6 Å². The third kappa shape index (κ3) is 4.79. The van der Waals surface area contributed by atoms with Gasteiger partial charge in [0.15, 0.2) is 0 Å². The third-order valence-corrected chi connectivity index (χ3v) is 4.17. The van der Waals surface area contributed by atoms with Gasteiger partial charge in [-0.2, -0.15) is 0 Å². The van der Waals surface area contributed by atoms with E-state index in [1.54, 1.807) is 36.4 Å². The maximum Gasteiger partial charge on any atom is 0.255 e. The van der Waals surface area contributed by atoms with Crippen LogP contribution in [-0.4, -0.2) is 17.9 Å². The van der Waals surface area contributed by atoms with Crippen molar-refractivity contribution >= 4 is 40.1 Å². The van der Waals surface area contributed by atoms with E-state index in [0.717, 1.165) is 9.99 Å². The van der Waals surface area contributed by atoms with Crippen LogP contribution >= 0.6 is 22.6 Å². The van der Waals surface area contributed by atoms with Gasteiger partial charge in [-0.05, 0) is 66.3 Å². The molecule has 2 aromatic rings. The first-order valence-electron chi connectivity index (χ1n) is 7.48. The standard InChI is InChI=1S/C18H19IN2O2/c1-3-12(2)20-18(23)15-9-4-5-10-16(15)21-17(22)13-7-6-8-14(19)11-13/h4-12H,3H2,1-2H3,(H,20,23)(H,21,22)/t12-/m0/s1. The minimum atomic E-state index is -0.229. The molecule has 2 amide bonds. The minimum Gasteiger partial charge on any atom is -0.350 e. The highest BCUT2D eigenvalue weighted by molar-refractivity contribution is 14.1. The van der Waals surface area contributed by atoms with Gasteiger partial charge in [0.25, 0.3) is 11.8 Å². The van der Waals surface area contributed by atoms with E-state index in [2.05, 4.69) is 33.2 Å². The lowest BCUT2D eigenvalue weighted by molar-refractivity contribution is 0.0940. The maximum absolute atomic E-state index is 12.4. The van der Waals surface area contributed by atoms with E-state index in [0.29, 0.717) is 16.8 Å². The maximum atomic E-state index is 12.4. The quantitative estimate of drug-likeness (QED) is 0.714. The molecular weight excluding hydrogens is 403 g/mol. The van der Waals surface area contributed by atoms with Crippen molar-refractivity contribution < 1.29 is 9.59 Å². The van der Waals surface area contributed by atoms with E-state index >= 15 is 0 Å². The summed E-state index contributed by atoms with van der Waals surface area (Å²) >= 11 is 2.16. The van der Waals surface area contributed by atoms with Crippen LogP contribution in [0.4, 0.5) is 5.69 Å². The van der Waals surface area contributed by atoms with Crippen molar-refractivity contribution in [2.75, 3.05) is 5.32 Å². The highest BCUT2D eigenvalue weighted by atomic mass is 127. The lowest BCUT2D eigenvalue weighted by Crippen LogP contribution is -2.32. The fraction of sp³-hybridized carbons (Fsp3) is 0.222. The molecule has 120 valence electrons. The number of para-hydroxylation sites is 1. The van der Waals surface area contributed by atoms with E-state index in [4.69, 9.17) is 0 Å². The van der Waals surface area contributed by atoms with Gasteiger partial charge in [0.05, 0.1) is 11.3 Å². The van der Waals surface area contributed by atoms with E-state index in [1.807, 2.05) is 26.0 Å². The van der Waals surface area contributed by atoms with E-state index < -0.39 is 0 Å². The number of rotatable bonds is 5. The molecule has 0 fully saturated rings. The Kier molecular flexibility index (Phi) is 6.15. The van der Waals surface area contributed by atoms with Crippen molar-refractivity contribution in [3.8, 4) is 0 Å². The average molecular weight is 422 g/mol.